The van der Waals surface area contributed by atoms with E-state index in [4.69, 9.17) is 4.98 Å². The van der Waals surface area contributed by atoms with Crippen LogP contribution < -0.4 is 0 Å². The molecule has 0 atom stereocenters. The highest BCUT2D eigenvalue weighted by molar-refractivity contribution is 6.29. The van der Waals surface area contributed by atoms with Gasteiger partial charge in [0.05, 0.1) is 11.0 Å². The van der Waals surface area contributed by atoms with Crippen molar-refractivity contribution >= 4 is 54.3 Å². The van der Waals surface area contributed by atoms with E-state index in [9.17, 15) is 0 Å². The summed E-state index contributed by atoms with van der Waals surface area (Å²) in [5.41, 5.74) is 3.44. The van der Waals surface area contributed by atoms with Gasteiger partial charge in [0.15, 0.2) is 0 Å². The third kappa shape index (κ3) is 1.66. The van der Waals surface area contributed by atoms with E-state index < -0.39 is 0 Å². The normalized spacial score (nSPS) is 12.0. The van der Waals surface area contributed by atoms with Gasteiger partial charge in [-0.2, -0.15) is 0 Å². The Kier molecular flexibility index (Phi) is 2.37. The second-order valence-corrected chi connectivity index (χ2v) is 6.56. The van der Waals surface area contributed by atoms with Gasteiger partial charge in [0.1, 0.15) is 0 Å². The van der Waals surface area contributed by atoms with Crippen LogP contribution in [0.5, 0.6) is 0 Å². The summed E-state index contributed by atoms with van der Waals surface area (Å²) in [6.07, 6.45) is 1.88. The molecule has 0 saturated heterocycles. The maximum atomic E-state index is 4.69. The lowest BCUT2D eigenvalue weighted by molar-refractivity contribution is 1.43. The van der Waals surface area contributed by atoms with Gasteiger partial charge in [-0.25, -0.2) is 0 Å². The van der Waals surface area contributed by atoms with Gasteiger partial charge in [-0.3, -0.25) is 4.98 Å². The Morgan fingerprint density at radius 2 is 1.40 bits per heavy atom. The first-order valence-electron chi connectivity index (χ1n) is 8.50. The Morgan fingerprint density at radius 3 is 2.40 bits per heavy atom. The average Bonchev–Trinajstić information content (AvgIpc) is 3.07. The molecule has 0 unspecified atom stereocenters. The minimum absolute atomic E-state index is 1.07. The molecule has 6 aromatic rings. The van der Waals surface area contributed by atoms with Crippen LogP contribution in [0.25, 0.3) is 54.3 Å². The van der Waals surface area contributed by atoms with E-state index in [1.165, 1.54) is 43.2 Å². The molecule has 0 radical (unpaired) electrons. The zero-order valence-corrected chi connectivity index (χ0v) is 13.5. The average molecular weight is 318 g/mol. The summed E-state index contributed by atoms with van der Waals surface area (Å²) in [4.78, 5) is 8.34. The Bertz CT molecular complexity index is 1440. The smallest absolute Gasteiger partial charge is 0.0787 e. The number of nitrogens with one attached hydrogen (secondary N) is 1. The van der Waals surface area contributed by atoms with Crippen LogP contribution in [-0.4, -0.2) is 9.97 Å². The van der Waals surface area contributed by atoms with Crippen LogP contribution in [0.4, 0.5) is 0 Å². The minimum Gasteiger partial charge on any atom is -0.354 e. The number of benzene rings is 4. The monoisotopic (exact) mass is 318 g/mol. The SMILES string of the molecule is c1ccc2c(c1)ccc1c2[nH]c2ccc3ccc4cccnc4c3c21. The summed E-state index contributed by atoms with van der Waals surface area (Å²) in [6.45, 7) is 0. The number of aromatic amines is 1. The number of rotatable bonds is 0. The molecule has 2 aromatic heterocycles. The van der Waals surface area contributed by atoms with Crippen LogP contribution in [0, 0.1) is 0 Å². The lowest BCUT2D eigenvalue weighted by Gasteiger charge is -2.05. The van der Waals surface area contributed by atoms with Crippen molar-refractivity contribution in [3.8, 4) is 0 Å². The number of aromatic nitrogens is 2. The van der Waals surface area contributed by atoms with E-state index in [0.29, 0.717) is 0 Å². The molecule has 116 valence electrons. The summed E-state index contributed by atoms with van der Waals surface area (Å²) in [6, 6.07) is 25.8. The van der Waals surface area contributed by atoms with Gasteiger partial charge in [-0.1, -0.05) is 60.7 Å². The molecule has 0 aliphatic rings. The summed E-state index contributed by atoms with van der Waals surface area (Å²) in [5.74, 6) is 0. The van der Waals surface area contributed by atoms with Crippen molar-refractivity contribution in [3.05, 3.63) is 79.0 Å². The first-order valence-corrected chi connectivity index (χ1v) is 8.50. The van der Waals surface area contributed by atoms with Gasteiger partial charge < -0.3 is 4.98 Å². The molecule has 0 fully saturated rings. The van der Waals surface area contributed by atoms with Gasteiger partial charge in [-0.15, -0.1) is 0 Å². The molecule has 2 heteroatoms. The largest absolute Gasteiger partial charge is 0.354 e. The highest BCUT2D eigenvalue weighted by atomic mass is 14.7. The van der Waals surface area contributed by atoms with Gasteiger partial charge in [0.2, 0.25) is 0 Å². The van der Waals surface area contributed by atoms with E-state index in [2.05, 4.69) is 71.7 Å². The summed E-state index contributed by atoms with van der Waals surface area (Å²) >= 11 is 0. The van der Waals surface area contributed by atoms with E-state index in [0.717, 1.165) is 11.0 Å². The topological polar surface area (TPSA) is 28.7 Å². The Morgan fingerprint density at radius 1 is 0.600 bits per heavy atom. The van der Waals surface area contributed by atoms with Crippen molar-refractivity contribution in [3.63, 3.8) is 0 Å². The van der Waals surface area contributed by atoms with Crippen LogP contribution >= 0.6 is 0 Å². The number of pyridine rings is 1. The first kappa shape index (κ1) is 13.0. The Hall–Kier alpha value is -3.39. The molecule has 0 amide bonds. The third-order valence-corrected chi connectivity index (χ3v) is 5.21. The van der Waals surface area contributed by atoms with Gasteiger partial charge in [0.25, 0.3) is 0 Å². The van der Waals surface area contributed by atoms with Crippen molar-refractivity contribution in [2.75, 3.05) is 0 Å². The fourth-order valence-electron chi connectivity index (χ4n) is 4.09. The fourth-order valence-corrected chi connectivity index (χ4v) is 4.09. The Labute approximate surface area is 143 Å². The van der Waals surface area contributed by atoms with Crippen molar-refractivity contribution in [2.24, 2.45) is 0 Å². The fraction of sp³-hybridized carbons (Fsp3) is 0. The molecule has 1 N–H and O–H groups in total. The Balaban J connectivity index is 1.95. The highest BCUT2D eigenvalue weighted by Gasteiger charge is 2.13. The van der Waals surface area contributed by atoms with E-state index in [1.807, 2.05) is 12.3 Å². The molecule has 4 aromatic carbocycles. The molecule has 0 saturated carbocycles. The van der Waals surface area contributed by atoms with Crippen molar-refractivity contribution in [1.29, 1.82) is 0 Å². The van der Waals surface area contributed by atoms with Gasteiger partial charge >= 0.3 is 0 Å². The quantitative estimate of drug-likeness (QED) is 0.333. The van der Waals surface area contributed by atoms with Gasteiger partial charge in [0, 0.05) is 38.6 Å². The maximum absolute atomic E-state index is 4.69. The summed E-state index contributed by atoms with van der Waals surface area (Å²) in [7, 11) is 0. The molecule has 25 heavy (non-hydrogen) atoms. The predicted molar refractivity (Wildman–Crippen MR) is 106 cm³/mol. The lowest BCUT2D eigenvalue weighted by atomic mass is 9.99. The summed E-state index contributed by atoms with van der Waals surface area (Å²) < 4.78 is 0. The van der Waals surface area contributed by atoms with Gasteiger partial charge in [-0.05, 0) is 22.9 Å². The third-order valence-electron chi connectivity index (χ3n) is 5.21. The van der Waals surface area contributed by atoms with E-state index in [-0.39, 0.29) is 0 Å². The zero-order chi connectivity index (χ0) is 16.4. The number of nitrogens with zero attached hydrogens (tertiary/aromatic N) is 1. The van der Waals surface area contributed by atoms with Crippen LogP contribution in [0.2, 0.25) is 0 Å². The highest BCUT2D eigenvalue weighted by Crippen LogP contribution is 2.37. The number of hydrogen-bond donors (Lipinski definition) is 1. The van der Waals surface area contributed by atoms with Crippen LogP contribution in [0.3, 0.4) is 0 Å². The molecule has 2 heterocycles. The molecular formula is C23H14N2. The standard InChI is InChI=1S/C23H14N2/c1-2-6-17-14(4-1)9-11-18-21-19(25-23(17)18)12-10-15-7-8-16-5-3-13-24-22(16)20(15)21/h1-13,25H. The molecule has 0 spiro atoms. The maximum Gasteiger partial charge on any atom is 0.0787 e. The van der Waals surface area contributed by atoms with Crippen LogP contribution in [0.15, 0.2) is 79.0 Å². The minimum atomic E-state index is 1.07. The number of fused-ring (bicyclic) bond motifs is 9. The van der Waals surface area contributed by atoms with E-state index >= 15 is 0 Å². The van der Waals surface area contributed by atoms with Crippen molar-refractivity contribution < 1.29 is 0 Å². The second kappa shape index (κ2) is 4.58. The molecular weight excluding hydrogens is 304 g/mol. The molecule has 0 aliphatic heterocycles. The van der Waals surface area contributed by atoms with Crippen LogP contribution in [0.1, 0.15) is 0 Å². The van der Waals surface area contributed by atoms with Crippen LogP contribution in [-0.2, 0) is 0 Å². The lowest BCUT2D eigenvalue weighted by Crippen LogP contribution is -1.82. The number of H-pyrrole nitrogens is 1. The second-order valence-electron chi connectivity index (χ2n) is 6.56. The zero-order valence-electron chi connectivity index (χ0n) is 13.5. The summed E-state index contributed by atoms with van der Waals surface area (Å²) in [5, 5.41) is 8.69. The molecule has 6 rings (SSSR count). The molecule has 0 bridgehead atoms. The molecule has 2 nitrogen and oxygen atoms in total. The number of hydrogen-bond acceptors (Lipinski definition) is 1. The van der Waals surface area contributed by atoms with E-state index in [1.54, 1.807) is 0 Å². The van der Waals surface area contributed by atoms with Crippen molar-refractivity contribution in [2.45, 2.75) is 0 Å². The van der Waals surface area contributed by atoms with Crippen molar-refractivity contribution in [1.82, 2.24) is 9.97 Å². The molecule has 0 aliphatic carbocycles. The predicted octanol–water partition coefficient (Wildman–Crippen LogP) is 6.18. The first-order chi connectivity index (χ1) is 12.4.